The number of carbonyl (C=O) groups excluding carboxylic acids is 1. The zero-order chi connectivity index (χ0) is 10.6. The molecular weight excluding hydrogens is 180 g/mol. The third-order valence-corrected chi connectivity index (χ3v) is 2.56. The highest BCUT2D eigenvalue weighted by atomic mass is 16.5. The minimum atomic E-state index is -0.0706. The van der Waals surface area contributed by atoms with Crippen LogP contribution in [0.1, 0.15) is 40.0 Å². The molecule has 1 rings (SSSR count). The molecule has 1 fully saturated rings. The summed E-state index contributed by atoms with van der Waals surface area (Å²) >= 11 is 0. The van der Waals surface area contributed by atoms with E-state index in [-0.39, 0.29) is 18.2 Å². The minimum Gasteiger partial charge on any atom is -0.466 e. The van der Waals surface area contributed by atoms with E-state index in [1.165, 1.54) is 0 Å². The quantitative estimate of drug-likeness (QED) is 0.655. The number of carbonyl (C=O) groups is 1. The van der Waals surface area contributed by atoms with Crippen molar-refractivity contribution >= 4 is 5.97 Å². The second-order valence-electron chi connectivity index (χ2n) is 4.10. The Labute approximate surface area is 85.8 Å². The van der Waals surface area contributed by atoms with E-state index in [9.17, 15) is 4.79 Å². The molecule has 0 spiro atoms. The fraction of sp³-hybridized carbons (Fsp3) is 0.909. The second kappa shape index (κ2) is 5.35. The van der Waals surface area contributed by atoms with Crippen LogP contribution in [0.4, 0.5) is 0 Å². The Morgan fingerprint density at radius 1 is 1.36 bits per heavy atom. The minimum absolute atomic E-state index is 0.0706. The van der Waals surface area contributed by atoms with Gasteiger partial charge in [-0.2, -0.15) is 0 Å². The molecule has 14 heavy (non-hydrogen) atoms. The molecule has 3 nitrogen and oxygen atoms in total. The molecule has 2 unspecified atom stereocenters. The zero-order valence-corrected chi connectivity index (χ0v) is 9.29. The van der Waals surface area contributed by atoms with Crippen LogP contribution >= 0.6 is 0 Å². The Morgan fingerprint density at radius 3 is 2.43 bits per heavy atom. The molecule has 2 atom stereocenters. The average molecular weight is 200 g/mol. The van der Waals surface area contributed by atoms with E-state index < -0.39 is 0 Å². The Bertz CT molecular complexity index is 181. The van der Waals surface area contributed by atoms with Gasteiger partial charge in [0.1, 0.15) is 0 Å². The Balaban J connectivity index is 2.33. The van der Waals surface area contributed by atoms with Crippen molar-refractivity contribution in [2.45, 2.75) is 52.2 Å². The summed E-state index contributed by atoms with van der Waals surface area (Å²) in [5.74, 6) is 0.367. The van der Waals surface area contributed by atoms with Crippen LogP contribution in [0, 0.1) is 5.92 Å². The van der Waals surface area contributed by atoms with Crippen molar-refractivity contribution in [1.29, 1.82) is 0 Å². The third-order valence-electron chi connectivity index (χ3n) is 2.56. The van der Waals surface area contributed by atoms with E-state index in [0.717, 1.165) is 12.8 Å². The molecule has 1 aliphatic heterocycles. The molecule has 0 radical (unpaired) electrons. The Morgan fingerprint density at radius 2 is 1.93 bits per heavy atom. The maximum Gasteiger partial charge on any atom is 0.306 e. The van der Waals surface area contributed by atoms with Crippen LogP contribution in [0.25, 0.3) is 0 Å². The summed E-state index contributed by atoms with van der Waals surface area (Å²) in [6.45, 7) is 6.45. The summed E-state index contributed by atoms with van der Waals surface area (Å²) in [7, 11) is 0. The predicted molar refractivity (Wildman–Crippen MR) is 54.0 cm³/mol. The lowest BCUT2D eigenvalue weighted by Gasteiger charge is -2.31. The maximum absolute atomic E-state index is 11.3. The van der Waals surface area contributed by atoms with Gasteiger partial charge in [-0.25, -0.2) is 0 Å². The third kappa shape index (κ3) is 3.66. The monoisotopic (exact) mass is 200 g/mol. The van der Waals surface area contributed by atoms with Crippen molar-refractivity contribution in [2.24, 2.45) is 5.92 Å². The van der Waals surface area contributed by atoms with Crippen LogP contribution in [-0.2, 0) is 14.3 Å². The summed E-state index contributed by atoms with van der Waals surface area (Å²) in [6.07, 6.45) is 3.05. The summed E-state index contributed by atoms with van der Waals surface area (Å²) < 4.78 is 10.5. The van der Waals surface area contributed by atoms with Gasteiger partial charge in [-0.15, -0.1) is 0 Å². The molecule has 82 valence electrons. The van der Waals surface area contributed by atoms with Crippen molar-refractivity contribution in [3.05, 3.63) is 0 Å². The number of ether oxygens (including phenoxy) is 2. The molecule has 0 N–H and O–H groups in total. The van der Waals surface area contributed by atoms with Crippen LogP contribution in [0.2, 0.25) is 0 Å². The molecule has 0 bridgehead atoms. The summed E-state index contributed by atoms with van der Waals surface area (Å²) in [6, 6.07) is 0. The highest BCUT2D eigenvalue weighted by Gasteiger charge is 2.26. The van der Waals surface area contributed by atoms with Crippen molar-refractivity contribution in [3.63, 3.8) is 0 Å². The van der Waals surface area contributed by atoms with Gasteiger partial charge in [0, 0.05) is 6.42 Å². The Kier molecular flexibility index (Phi) is 4.39. The van der Waals surface area contributed by atoms with Gasteiger partial charge in [-0.05, 0) is 39.5 Å². The molecule has 0 aromatic rings. The molecule has 0 saturated carbocycles. The SMILES string of the molecule is CCOC(=O)CC1CC(C)OC(C)C1. The van der Waals surface area contributed by atoms with Crippen molar-refractivity contribution < 1.29 is 14.3 Å². The van der Waals surface area contributed by atoms with Crippen molar-refractivity contribution in [3.8, 4) is 0 Å². The molecule has 0 aliphatic carbocycles. The molecule has 1 heterocycles. The number of hydrogen-bond donors (Lipinski definition) is 0. The molecular formula is C11H20O3. The van der Waals surface area contributed by atoms with Crippen LogP contribution < -0.4 is 0 Å². The highest BCUT2D eigenvalue weighted by molar-refractivity contribution is 5.69. The fourth-order valence-corrected chi connectivity index (χ4v) is 2.17. The topological polar surface area (TPSA) is 35.5 Å². The van der Waals surface area contributed by atoms with E-state index in [1.54, 1.807) is 0 Å². The van der Waals surface area contributed by atoms with Gasteiger partial charge in [0.15, 0.2) is 0 Å². The van der Waals surface area contributed by atoms with Gasteiger partial charge in [0.25, 0.3) is 0 Å². The first-order valence-corrected chi connectivity index (χ1v) is 5.42. The van der Waals surface area contributed by atoms with Crippen LogP contribution in [0.5, 0.6) is 0 Å². The van der Waals surface area contributed by atoms with E-state index in [4.69, 9.17) is 9.47 Å². The largest absolute Gasteiger partial charge is 0.466 e. The summed E-state index contributed by atoms with van der Waals surface area (Å²) in [5, 5.41) is 0. The van der Waals surface area contributed by atoms with E-state index >= 15 is 0 Å². The highest BCUT2D eigenvalue weighted by Crippen LogP contribution is 2.27. The number of hydrogen-bond acceptors (Lipinski definition) is 3. The predicted octanol–water partition coefficient (Wildman–Crippen LogP) is 2.14. The summed E-state index contributed by atoms with van der Waals surface area (Å²) in [4.78, 5) is 11.3. The lowest BCUT2D eigenvalue weighted by molar-refractivity contribution is -0.146. The first-order valence-electron chi connectivity index (χ1n) is 5.42. The normalized spacial score (nSPS) is 32.6. The summed E-state index contributed by atoms with van der Waals surface area (Å²) in [5.41, 5.74) is 0. The first-order chi connectivity index (χ1) is 6.61. The molecule has 0 aromatic heterocycles. The van der Waals surface area contributed by atoms with Gasteiger partial charge in [0.2, 0.25) is 0 Å². The van der Waals surface area contributed by atoms with Crippen molar-refractivity contribution in [1.82, 2.24) is 0 Å². The first kappa shape index (κ1) is 11.5. The van der Waals surface area contributed by atoms with Gasteiger partial charge in [0.05, 0.1) is 18.8 Å². The number of rotatable bonds is 3. The fourth-order valence-electron chi connectivity index (χ4n) is 2.17. The second-order valence-corrected chi connectivity index (χ2v) is 4.10. The van der Waals surface area contributed by atoms with Gasteiger partial charge < -0.3 is 9.47 Å². The maximum atomic E-state index is 11.3. The molecule has 3 heteroatoms. The lowest BCUT2D eigenvalue weighted by Crippen LogP contribution is -2.30. The van der Waals surface area contributed by atoms with Crippen LogP contribution in [-0.4, -0.2) is 24.8 Å². The van der Waals surface area contributed by atoms with E-state index in [0.29, 0.717) is 18.9 Å². The Hall–Kier alpha value is -0.570. The van der Waals surface area contributed by atoms with Crippen LogP contribution in [0.15, 0.2) is 0 Å². The van der Waals surface area contributed by atoms with E-state index in [1.807, 2.05) is 6.92 Å². The molecule has 1 saturated heterocycles. The van der Waals surface area contributed by atoms with Gasteiger partial charge >= 0.3 is 5.97 Å². The smallest absolute Gasteiger partial charge is 0.306 e. The standard InChI is InChI=1S/C11H20O3/c1-4-13-11(12)7-10-5-8(2)14-9(3)6-10/h8-10H,4-7H2,1-3H3. The van der Waals surface area contributed by atoms with Gasteiger partial charge in [-0.3, -0.25) is 4.79 Å². The molecule has 1 aliphatic rings. The lowest BCUT2D eigenvalue weighted by atomic mass is 9.90. The van der Waals surface area contributed by atoms with E-state index in [2.05, 4.69) is 13.8 Å². The molecule has 0 aromatic carbocycles. The van der Waals surface area contributed by atoms with Crippen molar-refractivity contribution in [2.75, 3.05) is 6.61 Å². The van der Waals surface area contributed by atoms with Crippen LogP contribution in [0.3, 0.4) is 0 Å². The van der Waals surface area contributed by atoms with Gasteiger partial charge in [-0.1, -0.05) is 0 Å². The molecule has 0 amide bonds. The average Bonchev–Trinajstić information content (AvgIpc) is 2.01. The number of esters is 1. The zero-order valence-electron chi connectivity index (χ0n) is 9.29.